The molecule has 1 aliphatic rings. The molecule has 9 heteroatoms. The van der Waals surface area contributed by atoms with E-state index in [4.69, 9.17) is 4.74 Å². The van der Waals surface area contributed by atoms with Crippen LogP contribution in [0.3, 0.4) is 0 Å². The molecule has 0 atom stereocenters. The van der Waals surface area contributed by atoms with Crippen molar-refractivity contribution in [1.82, 2.24) is 9.97 Å². The fourth-order valence-corrected chi connectivity index (χ4v) is 3.46. The van der Waals surface area contributed by atoms with Crippen molar-refractivity contribution in [3.63, 3.8) is 0 Å². The van der Waals surface area contributed by atoms with Gasteiger partial charge in [-0.1, -0.05) is 18.2 Å². The van der Waals surface area contributed by atoms with Crippen LogP contribution in [0.5, 0.6) is 5.75 Å². The average Bonchev–Trinajstić information content (AvgIpc) is 3.16. The summed E-state index contributed by atoms with van der Waals surface area (Å²) in [5.41, 5.74) is 0.608. The van der Waals surface area contributed by atoms with Crippen LogP contribution in [0.1, 0.15) is 39.3 Å². The van der Waals surface area contributed by atoms with Crippen LogP contribution < -0.4 is 10.1 Å². The predicted octanol–water partition coefficient (Wildman–Crippen LogP) is 4.26. The lowest BCUT2D eigenvalue weighted by Crippen LogP contribution is -2.08. The van der Waals surface area contributed by atoms with E-state index in [2.05, 4.69) is 15.3 Å². The third kappa shape index (κ3) is 3.32. The Hall–Kier alpha value is -3.36. The van der Waals surface area contributed by atoms with E-state index in [0.717, 1.165) is 6.07 Å². The second kappa shape index (κ2) is 7.23. The monoisotopic (exact) mass is 403 g/mol. The number of nitrogens with one attached hydrogen (secondary N) is 1. The summed E-state index contributed by atoms with van der Waals surface area (Å²) in [5.74, 6) is -1.10. The van der Waals surface area contributed by atoms with Crippen molar-refractivity contribution in [2.75, 3.05) is 11.9 Å². The summed E-state index contributed by atoms with van der Waals surface area (Å²) in [6.07, 6.45) is -2.41. The number of aryl methyl sites for hydroxylation is 1. The smallest absolute Gasteiger partial charge is 0.339 e. The number of fused-ring (bicyclic) bond motifs is 3. The van der Waals surface area contributed by atoms with Gasteiger partial charge >= 0.3 is 5.97 Å². The molecule has 2 heterocycles. The second-order valence-electron chi connectivity index (χ2n) is 6.63. The van der Waals surface area contributed by atoms with E-state index in [9.17, 15) is 23.1 Å². The lowest BCUT2D eigenvalue weighted by molar-refractivity contribution is 0.0693. The molecule has 0 aliphatic carbocycles. The first kappa shape index (κ1) is 19.0. The van der Waals surface area contributed by atoms with E-state index in [1.54, 1.807) is 6.92 Å². The first-order chi connectivity index (χ1) is 13.9. The first-order valence-corrected chi connectivity index (χ1v) is 8.86. The Balaban J connectivity index is 1.78. The second-order valence-corrected chi connectivity index (χ2v) is 6.63. The maximum absolute atomic E-state index is 14.3. The standard InChI is InChI=1S/C20H16F3N3O3/c1-9-25-16-12-5-6-29-17(12)14(20(27)28)7-13(16)19(26-9)24-8-10-3-2-4-11(15(10)21)18(22)23/h2-4,7,18H,5-6,8H2,1H3,(H,27,28)(H,24,25,26). The number of rotatable bonds is 5. The zero-order valence-corrected chi connectivity index (χ0v) is 15.3. The fraction of sp³-hybridized carbons (Fsp3) is 0.250. The SMILES string of the molecule is Cc1nc(NCc2cccc(C(F)F)c2F)c2cc(C(=O)O)c3c(c2n1)CCO3. The van der Waals surface area contributed by atoms with Crippen LogP contribution in [0.2, 0.25) is 0 Å². The number of halogens is 3. The lowest BCUT2D eigenvalue weighted by atomic mass is 10.0. The van der Waals surface area contributed by atoms with Gasteiger partial charge in [-0.2, -0.15) is 0 Å². The molecule has 0 unspecified atom stereocenters. The largest absolute Gasteiger partial charge is 0.492 e. The number of hydrogen-bond donors (Lipinski definition) is 2. The quantitative estimate of drug-likeness (QED) is 0.662. The number of ether oxygens (including phenoxy) is 1. The maximum atomic E-state index is 14.3. The van der Waals surface area contributed by atoms with Crippen LogP contribution in [-0.2, 0) is 13.0 Å². The molecule has 6 nitrogen and oxygen atoms in total. The zero-order chi connectivity index (χ0) is 20.7. The Labute approximate surface area is 163 Å². The number of aromatic carboxylic acids is 1. The molecule has 0 bridgehead atoms. The molecule has 0 amide bonds. The van der Waals surface area contributed by atoms with Crippen molar-refractivity contribution in [1.29, 1.82) is 0 Å². The summed E-state index contributed by atoms with van der Waals surface area (Å²) in [6.45, 7) is 1.93. The van der Waals surface area contributed by atoms with Gasteiger partial charge in [0.25, 0.3) is 6.43 Å². The molecular formula is C20H16F3N3O3. The van der Waals surface area contributed by atoms with Gasteiger partial charge in [-0.3, -0.25) is 0 Å². The molecule has 0 radical (unpaired) electrons. The molecule has 4 rings (SSSR count). The van der Waals surface area contributed by atoms with Gasteiger partial charge in [0.1, 0.15) is 28.8 Å². The number of hydrogen-bond acceptors (Lipinski definition) is 5. The summed E-state index contributed by atoms with van der Waals surface area (Å²) in [5, 5.41) is 12.9. The van der Waals surface area contributed by atoms with Gasteiger partial charge in [0.2, 0.25) is 0 Å². The zero-order valence-electron chi connectivity index (χ0n) is 15.3. The first-order valence-electron chi connectivity index (χ1n) is 8.86. The Kier molecular flexibility index (Phi) is 4.73. The molecule has 0 saturated carbocycles. The molecule has 29 heavy (non-hydrogen) atoms. The van der Waals surface area contributed by atoms with E-state index in [-0.39, 0.29) is 17.7 Å². The summed E-state index contributed by atoms with van der Waals surface area (Å²) >= 11 is 0. The van der Waals surface area contributed by atoms with E-state index in [0.29, 0.717) is 46.9 Å². The maximum Gasteiger partial charge on any atom is 0.339 e. The normalized spacial score (nSPS) is 12.9. The van der Waals surface area contributed by atoms with Crippen molar-refractivity contribution < 1.29 is 27.8 Å². The van der Waals surface area contributed by atoms with Gasteiger partial charge in [0.05, 0.1) is 17.7 Å². The Bertz CT molecular complexity index is 1140. The van der Waals surface area contributed by atoms with Crippen LogP contribution in [0.25, 0.3) is 10.9 Å². The number of carboxylic acids is 1. The summed E-state index contributed by atoms with van der Waals surface area (Å²) < 4.78 is 45.7. The molecule has 2 N–H and O–H groups in total. The van der Waals surface area contributed by atoms with Gasteiger partial charge in [0.15, 0.2) is 0 Å². The minimum absolute atomic E-state index is 0.00798. The number of anilines is 1. The molecule has 3 aromatic rings. The highest BCUT2D eigenvalue weighted by Gasteiger charge is 2.26. The number of benzene rings is 2. The van der Waals surface area contributed by atoms with Gasteiger partial charge < -0.3 is 15.2 Å². The van der Waals surface area contributed by atoms with Crippen molar-refractivity contribution in [3.05, 3.63) is 58.2 Å². The molecule has 2 aromatic carbocycles. The van der Waals surface area contributed by atoms with Crippen LogP contribution in [0.4, 0.5) is 19.0 Å². The van der Waals surface area contributed by atoms with E-state index >= 15 is 0 Å². The molecule has 0 saturated heterocycles. The van der Waals surface area contributed by atoms with Crippen LogP contribution in [-0.4, -0.2) is 27.7 Å². The minimum atomic E-state index is -2.92. The van der Waals surface area contributed by atoms with Gasteiger partial charge in [-0.05, 0) is 13.0 Å². The Morgan fingerprint density at radius 1 is 1.34 bits per heavy atom. The van der Waals surface area contributed by atoms with Crippen molar-refractivity contribution in [2.45, 2.75) is 26.3 Å². The Morgan fingerprint density at radius 3 is 2.86 bits per heavy atom. The topological polar surface area (TPSA) is 84.3 Å². The lowest BCUT2D eigenvalue weighted by Gasteiger charge is -2.14. The molecule has 1 aromatic heterocycles. The number of aromatic nitrogens is 2. The Morgan fingerprint density at radius 2 is 2.14 bits per heavy atom. The third-order valence-electron chi connectivity index (χ3n) is 4.77. The molecular weight excluding hydrogens is 387 g/mol. The van der Waals surface area contributed by atoms with Crippen LogP contribution >= 0.6 is 0 Å². The number of carbonyl (C=O) groups is 1. The van der Waals surface area contributed by atoms with E-state index < -0.39 is 23.8 Å². The predicted molar refractivity (Wildman–Crippen MR) is 99.1 cm³/mol. The van der Waals surface area contributed by atoms with Crippen molar-refractivity contribution in [3.8, 4) is 5.75 Å². The van der Waals surface area contributed by atoms with Gasteiger partial charge in [0, 0.05) is 29.5 Å². The fourth-order valence-electron chi connectivity index (χ4n) is 3.46. The summed E-state index contributed by atoms with van der Waals surface area (Å²) in [7, 11) is 0. The number of nitrogens with zero attached hydrogens (tertiary/aromatic N) is 2. The summed E-state index contributed by atoms with van der Waals surface area (Å²) in [4.78, 5) is 20.4. The molecule has 150 valence electrons. The van der Waals surface area contributed by atoms with Crippen molar-refractivity contribution in [2.24, 2.45) is 0 Å². The highest BCUT2D eigenvalue weighted by Crippen LogP contribution is 2.38. The van der Waals surface area contributed by atoms with Gasteiger partial charge in [-0.15, -0.1) is 0 Å². The molecule has 0 spiro atoms. The van der Waals surface area contributed by atoms with Gasteiger partial charge in [-0.25, -0.2) is 27.9 Å². The summed E-state index contributed by atoms with van der Waals surface area (Å²) in [6, 6.07) is 5.21. The van der Waals surface area contributed by atoms with Crippen molar-refractivity contribution >= 4 is 22.7 Å². The third-order valence-corrected chi connectivity index (χ3v) is 4.77. The van der Waals surface area contributed by atoms with E-state index in [1.165, 1.54) is 18.2 Å². The average molecular weight is 403 g/mol. The number of alkyl halides is 2. The number of carboxylic acid groups (broad SMARTS) is 1. The highest BCUT2D eigenvalue weighted by molar-refractivity contribution is 6.02. The molecule has 0 fully saturated rings. The van der Waals surface area contributed by atoms with Crippen LogP contribution in [0, 0.1) is 12.7 Å². The van der Waals surface area contributed by atoms with E-state index in [1.807, 2.05) is 0 Å². The highest BCUT2D eigenvalue weighted by atomic mass is 19.3. The van der Waals surface area contributed by atoms with Crippen LogP contribution in [0.15, 0.2) is 24.3 Å². The molecule has 1 aliphatic heterocycles. The minimum Gasteiger partial charge on any atom is -0.492 e.